The van der Waals surface area contributed by atoms with Gasteiger partial charge in [-0.15, -0.1) is 11.3 Å². The van der Waals surface area contributed by atoms with Crippen molar-refractivity contribution in [2.75, 3.05) is 23.3 Å². The summed E-state index contributed by atoms with van der Waals surface area (Å²) >= 11 is 1.45. The van der Waals surface area contributed by atoms with Crippen LogP contribution in [0.15, 0.2) is 6.33 Å². The zero-order valence-corrected chi connectivity index (χ0v) is 13.9. The van der Waals surface area contributed by atoms with Gasteiger partial charge in [0.15, 0.2) is 5.13 Å². The fourth-order valence-corrected chi connectivity index (χ4v) is 3.41. The van der Waals surface area contributed by atoms with E-state index in [1.165, 1.54) is 17.7 Å². The van der Waals surface area contributed by atoms with Crippen molar-refractivity contribution in [2.45, 2.75) is 33.1 Å². The molecule has 1 aliphatic heterocycles. The summed E-state index contributed by atoms with van der Waals surface area (Å²) in [6.45, 7) is 5.44. The van der Waals surface area contributed by atoms with Gasteiger partial charge in [-0.05, 0) is 33.1 Å². The van der Waals surface area contributed by atoms with Crippen LogP contribution in [-0.2, 0) is 0 Å². The number of hydrogen-bond donors (Lipinski definition) is 1. The summed E-state index contributed by atoms with van der Waals surface area (Å²) in [5.74, 6) is 0.580. The maximum atomic E-state index is 11.6. The Kier molecular flexibility index (Phi) is 4.37. The SMILES string of the molecule is Cc1nc(Nc2ncnc(N3CCCCC3)c2[N+](=O)[O-])sc1C. The van der Waals surface area contributed by atoms with Crippen molar-refractivity contribution in [1.29, 1.82) is 0 Å². The first-order chi connectivity index (χ1) is 11.1. The second-order valence-electron chi connectivity index (χ2n) is 5.48. The molecule has 0 unspecified atom stereocenters. The second-order valence-corrected chi connectivity index (χ2v) is 6.69. The van der Waals surface area contributed by atoms with Gasteiger partial charge in [0, 0.05) is 18.0 Å². The second kappa shape index (κ2) is 6.45. The number of nitrogens with zero attached hydrogens (tertiary/aromatic N) is 5. The van der Waals surface area contributed by atoms with Gasteiger partial charge in [-0.3, -0.25) is 10.1 Å². The average Bonchev–Trinajstić information content (AvgIpc) is 2.85. The molecule has 9 heteroatoms. The molecular weight excluding hydrogens is 316 g/mol. The summed E-state index contributed by atoms with van der Waals surface area (Å²) in [6, 6.07) is 0. The molecule has 2 aromatic rings. The molecular formula is C14H18N6O2S. The molecule has 0 atom stereocenters. The fourth-order valence-electron chi connectivity index (χ4n) is 2.59. The van der Waals surface area contributed by atoms with E-state index in [9.17, 15) is 10.1 Å². The van der Waals surface area contributed by atoms with Crippen LogP contribution < -0.4 is 10.2 Å². The van der Waals surface area contributed by atoms with Gasteiger partial charge in [0.2, 0.25) is 11.6 Å². The summed E-state index contributed by atoms with van der Waals surface area (Å²) in [4.78, 5) is 26.8. The van der Waals surface area contributed by atoms with Crippen molar-refractivity contribution < 1.29 is 4.92 Å². The lowest BCUT2D eigenvalue weighted by molar-refractivity contribution is -0.383. The Balaban J connectivity index is 1.97. The minimum absolute atomic E-state index is 0.0834. The largest absolute Gasteiger partial charge is 0.353 e. The standard InChI is InChI=1S/C14H18N6O2S/c1-9-10(2)23-14(17-9)18-12-11(20(21)22)13(16-8-15-12)19-6-4-3-5-7-19/h8H,3-7H2,1-2H3,(H,15,16,17,18). The molecule has 0 saturated carbocycles. The Morgan fingerprint density at radius 1 is 1.26 bits per heavy atom. The normalized spacial score (nSPS) is 14.8. The topological polar surface area (TPSA) is 97.1 Å². The van der Waals surface area contributed by atoms with Crippen molar-refractivity contribution in [3.63, 3.8) is 0 Å². The minimum atomic E-state index is -0.417. The van der Waals surface area contributed by atoms with Crippen LogP contribution in [-0.4, -0.2) is 33.0 Å². The van der Waals surface area contributed by atoms with Gasteiger partial charge >= 0.3 is 5.69 Å². The smallest absolute Gasteiger partial charge is 0.351 e. The van der Waals surface area contributed by atoms with E-state index in [4.69, 9.17) is 0 Å². The molecule has 1 saturated heterocycles. The highest BCUT2D eigenvalue weighted by atomic mass is 32.1. The number of anilines is 3. The maximum Gasteiger partial charge on any atom is 0.353 e. The number of hydrogen-bond acceptors (Lipinski definition) is 8. The van der Waals surface area contributed by atoms with Crippen molar-refractivity contribution in [2.24, 2.45) is 0 Å². The van der Waals surface area contributed by atoms with Crippen LogP contribution in [0, 0.1) is 24.0 Å². The molecule has 1 aliphatic rings. The number of aryl methyl sites for hydroxylation is 2. The van der Waals surface area contributed by atoms with E-state index in [0.717, 1.165) is 42.9 Å². The molecule has 3 rings (SSSR count). The molecule has 0 aromatic carbocycles. The Morgan fingerprint density at radius 2 is 2.00 bits per heavy atom. The van der Waals surface area contributed by atoms with Crippen LogP contribution in [0.25, 0.3) is 0 Å². The molecule has 0 amide bonds. The average molecular weight is 334 g/mol. The quantitative estimate of drug-likeness (QED) is 0.677. The highest BCUT2D eigenvalue weighted by Gasteiger charge is 2.28. The lowest BCUT2D eigenvalue weighted by Gasteiger charge is -2.27. The predicted molar refractivity (Wildman–Crippen MR) is 89.6 cm³/mol. The summed E-state index contributed by atoms with van der Waals surface area (Å²) in [6.07, 6.45) is 4.56. The third-order valence-electron chi connectivity index (χ3n) is 3.89. The van der Waals surface area contributed by atoms with Crippen molar-refractivity contribution in [1.82, 2.24) is 15.0 Å². The first kappa shape index (κ1) is 15.6. The van der Waals surface area contributed by atoms with E-state index in [1.807, 2.05) is 18.7 Å². The van der Waals surface area contributed by atoms with Gasteiger partial charge in [-0.25, -0.2) is 15.0 Å². The lowest BCUT2D eigenvalue weighted by atomic mass is 10.1. The zero-order chi connectivity index (χ0) is 16.4. The first-order valence-corrected chi connectivity index (χ1v) is 8.33. The lowest BCUT2D eigenvalue weighted by Crippen LogP contribution is -2.31. The molecule has 8 nitrogen and oxygen atoms in total. The van der Waals surface area contributed by atoms with Gasteiger partial charge in [0.25, 0.3) is 0 Å². The molecule has 23 heavy (non-hydrogen) atoms. The van der Waals surface area contributed by atoms with Crippen molar-refractivity contribution in [3.8, 4) is 0 Å². The van der Waals surface area contributed by atoms with Crippen LogP contribution in [0.2, 0.25) is 0 Å². The highest BCUT2D eigenvalue weighted by Crippen LogP contribution is 2.35. The van der Waals surface area contributed by atoms with Crippen LogP contribution >= 0.6 is 11.3 Å². The predicted octanol–water partition coefficient (Wildman–Crippen LogP) is 3.19. The number of aromatic nitrogens is 3. The van der Waals surface area contributed by atoms with Crippen LogP contribution in [0.3, 0.4) is 0 Å². The van der Waals surface area contributed by atoms with Gasteiger partial charge in [0.05, 0.1) is 10.6 Å². The van der Waals surface area contributed by atoms with Crippen molar-refractivity contribution >= 4 is 33.8 Å². The molecule has 0 radical (unpaired) electrons. The number of rotatable bonds is 4. The van der Waals surface area contributed by atoms with Crippen LogP contribution in [0.4, 0.5) is 22.5 Å². The zero-order valence-electron chi connectivity index (χ0n) is 13.1. The van der Waals surface area contributed by atoms with Crippen molar-refractivity contribution in [3.05, 3.63) is 27.0 Å². The maximum absolute atomic E-state index is 11.6. The van der Waals surface area contributed by atoms with Crippen LogP contribution in [0.1, 0.15) is 29.8 Å². The van der Waals surface area contributed by atoms with Gasteiger partial charge < -0.3 is 10.2 Å². The van der Waals surface area contributed by atoms with E-state index in [2.05, 4.69) is 20.3 Å². The third kappa shape index (κ3) is 3.24. The molecule has 0 aliphatic carbocycles. The van der Waals surface area contributed by atoms with Gasteiger partial charge in [-0.2, -0.15) is 0 Å². The van der Waals surface area contributed by atoms with E-state index in [1.54, 1.807) is 0 Å². The molecule has 1 fully saturated rings. The summed E-state index contributed by atoms with van der Waals surface area (Å²) in [5, 5.41) is 15.2. The molecule has 122 valence electrons. The third-order valence-corrected chi connectivity index (χ3v) is 4.88. The number of thiazole rings is 1. The highest BCUT2D eigenvalue weighted by molar-refractivity contribution is 7.15. The summed E-state index contributed by atoms with van der Waals surface area (Å²) in [5.41, 5.74) is 0.824. The molecule has 0 bridgehead atoms. The van der Waals surface area contributed by atoms with Crippen LogP contribution in [0.5, 0.6) is 0 Å². The monoisotopic (exact) mass is 334 g/mol. The summed E-state index contributed by atoms with van der Waals surface area (Å²) < 4.78 is 0. The van der Waals surface area contributed by atoms with Gasteiger partial charge in [0.1, 0.15) is 6.33 Å². The van der Waals surface area contributed by atoms with E-state index < -0.39 is 4.92 Å². The van der Waals surface area contributed by atoms with E-state index in [0.29, 0.717) is 10.9 Å². The molecule has 3 heterocycles. The Hall–Kier alpha value is -2.29. The molecule has 2 aromatic heterocycles. The Morgan fingerprint density at radius 3 is 2.61 bits per heavy atom. The summed E-state index contributed by atoms with van der Waals surface area (Å²) in [7, 11) is 0. The number of piperidine rings is 1. The molecule has 0 spiro atoms. The minimum Gasteiger partial charge on any atom is -0.351 e. The van der Waals surface area contributed by atoms with E-state index >= 15 is 0 Å². The fraction of sp³-hybridized carbons (Fsp3) is 0.500. The Labute approximate surface area is 137 Å². The molecule has 1 N–H and O–H groups in total. The number of nitrogens with one attached hydrogen (secondary N) is 1. The first-order valence-electron chi connectivity index (χ1n) is 7.51. The Bertz CT molecular complexity index is 707. The van der Waals surface area contributed by atoms with Gasteiger partial charge in [-0.1, -0.05) is 0 Å². The van der Waals surface area contributed by atoms with E-state index in [-0.39, 0.29) is 11.5 Å². The number of nitro groups is 1.